The highest BCUT2D eigenvalue weighted by Gasteiger charge is 2.46. The number of benzene rings is 3. The van der Waals surface area contributed by atoms with Gasteiger partial charge in [-0.05, 0) is 72.1 Å². The summed E-state index contributed by atoms with van der Waals surface area (Å²) in [6.07, 6.45) is 1.48. The summed E-state index contributed by atoms with van der Waals surface area (Å²) in [4.78, 5) is 57.0. The lowest BCUT2D eigenvalue weighted by molar-refractivity contribution is -0.139. The first-order valence-electron chi connectivity index (χ1n) is 15.9. The minimum atomic E-state index is -4.37. The van der Waals surface area contributed by atoms with Crippen molar-refractivity contribution in [2.24, 2.45) is 5.92 Å². The van der Waals surface area contributed by atoms with Crippen LogP contribution in [0.4, 0.5) is 29.3 Å². The topological polar surface area (TPSA) is 178 Å². The summed E-state index contributed by atoms with van der Waals surface area (Å²) in [7, 11) is -2.75. The van der Waals surface area contributed by atoms with E-state index in [1.807, 2.05) is 4.72 Å². The number of piperidine rings is 1. The van der Waals surface area contributed by atoms with Gasteiger partial charge in [-0.25, -0.2) is 36.7 Å². The van der Waals surface area contributed by atoms with Crippen LogP contribution >= 0.6 is 0 Å². The van der Waals surface area contributed by atoms with E-state index >= 15 is 8.78 Å². The molecule has 4 amide bonds. The van der Waals surface area contributed by atoms with Crippen molar-refractivity contribution >= 4 is 45.2 Å². The average molecular weight is 737 g/mol. The van der Waals surface area contributed by atoms with Gasteiger partial charge >= 0.3 is 12.0 Å². The third kappa shape index (κ3) is 7.31. The maximum absolute atomic E-state index is 15.1. The molecule has 4 N–H and O–H groups in total. The van der Waals surface area contributed by atoms with Gasteiger partial charge in [-0.3, -0.25) is 14.3 Å². The quantitative estimate of drug-likeness (QED) is 0.177. The molecule has 52 heavy (non-hydrogen) atoms. The van der Waals surface area contributed by atoms with E-state index in [-0.39, 0.29) is 34.9 Å². The molecule has 2 fully saturated rings. The predicted molar refractivity (Wildman–Crippen MR) is 181 cm³/mol. The Bertz CT molecular complexity index is 2150. The van der Waals surface area contributed by atoms with Crippen molar-refractivity contribution in [2.75, 3.05) is 29.8 Å². The Morgan fingerprint density at radius 2 is 1.65 bits per heavy atom. The van der Waals surface area contributed by atoms with Crippen molar-refractivity contribution in [3.63, 3.8) is 0 Å². The number of aliphatic carboxylic acids is 1. The fourth-order valence-corrected chi connectivity index (χ4v) is 7.29. The molecule has 1 aromatic heterocycles. The van der Waals surface area contributed by atoms with E-state index in [1.165, 1.54) is 65.7 Å². The molecule has 3 heterocycles. The molecule has 6 rings (SSSR count). The largest absolute Gasteiger partial charge is 0.480 e. The van der Waals surface area contributed by atoms with Crippen LogP contribution in [0.25, 0.3) is 11.1 Å². The summed E-state index contributed by atoms with van der Waals surface area (Å²) in [5, 5.41) is 15.1. The molecule has 2 saturated heterocycles. The zero-order valence-corrected chi connectivity index (χ0v) is 28.2. The highest BCUT2D eigenvalue weighted by Crippen LogP contribution is 2.31. The van der Waals surface area contributed by atoms with Crippen molar-refractivity contribution in [3.05, 3.63) is 108 Å². The number of hydrogen-bond donors (Lipinski definition) is 4. The van der Waals surface area contributed by atoms with Crippen molar-refractivity contribution in [1.29, 1.82) is 0 Å². The highest BCUT2D eigenvalue weighted by molar-refractivity contribution is 7.92. The van der Waals surface area contributed by atoms with Gasteiger partial charge in [0, 0.05) is 32.3 Å². The molecule has 0 saturated carbocycles. The molecular weight excluding hydrogens is 705 g/mol. The number of likely N-dealkylation sites (N-methyl/N-ethyl adjacent to an activating group) is 1. The summed E-state index contributed by atoms with van der Waals surface area (Å²) in [6.45, 7) is 1.13. The first-order chi connectivity index (χ1) is 24.7. The number of urea groups is 1. The third-order valence-electron chi connectivity index (χ3n) is 8.96. The van der Waals surface area contributed by atoms with Crippen molar-refractivity contribution < 1.29 is 45.9 Å². The number of amides is 4. The molecule has 0 aliphatic carbocycles. The Balaban J connectivity index is 1.12. The van der Waals surface area contributed by atoms with E-state index in [4.69, 9.17) is 0 Å². The minimum Gasteiger partial charge on any atom is -0.480 e. The number of carboxylic acid groups (broad SMARTS) is 1. The zero-order chi connectivity index (χ0) is 37.3. The lowest BCUT2D eigenvalue weighted by Gasteiger charge is -2.45. The van der Waals surface area contributed by atoms with Crippen LogP contribution in [0.2, 0.25) is 0 Å². The Labute approximate surface area is 295 Å². The number of rotatable bonds is 10. The molecule has 13 nitrogen and oxygen atoms in total. The maximum atomic E-state index is 15.1. The first kappa shape index (κ1) is 36.0. The molecule has 4 aromatic rings. The van der Waals surface area contributed by atoms with Gasteiger partial charge < -0.3 is 20.6 Å². The first-order valence-corrected chi connectivity index (χ1v) is 17.4. The van der Waals surface area contributed by atoms with Gasteiger partial charge in [-0.2, -0.15) is 4.39 Å². The van der Waals surface area contributed by atoms with Gasteiger partial charge in [-0.1, -0.05) is 24.3 Å². The average Bonchev–Trinajstić information content (AvgIpc) is 3.10. The molecule has 0 radical (unpaired) electrons. The summed E-state index contributed by atoms with van der Waals surface area (Å²) in [6, 6.07) is 12.5. The monoisotopic (exact) mass is 736 g/mol. The van der Waals surface area contributed by atoms with E-state index in [0.29, 0.717) is 48.3 Å². The van der Waals surface area contributed by atoms with Crippen LogP contribution in [0.15, 0.2) is 83.9 Å². The fraction of sp³-hybridized carbons (Fsp3) is 0.229. The van der Waals surface area contributed by atoms with Crippen LogP contribution in [0.5, 0.6) is 0 Å². The normalized spacial score (nSPS) is 18.1. The zero-order valence-electron chi connectivity index (χ0n) is 27.3. The van der Waals surface area contributed by atoms with Crippen molar-refractivity contribution in [1.82, 2.24) is 20.5 Å². The number of aromatic nitrogens is 1. The molecule has 0 bridgehead atoms. The van der Waals surface area contributed by atoms with Gasteiger partial charge in [0.15, 0.2) is 0 Å². The maximum Gasteiger partial charge on any atom is 0.331 e. The molecule has 17 heteroatoms. The van der Waals surface area contributed by atoms with Crippen LogP contribution in [-0.4, -0.2) is 79.4 Å². The summed E-state index contributed by atoms with van der Waals surface area (Å²) in [5.41, 5.74) is -0.115. The second-order valence-electron chi connectivity index (χ2n) is 12.3. The van der Waals surface area contributed by atoms with E-state index in [0.717, 1.165) is 11.0 Å². The third-order valence-corrected chi connectivity index (χ3v) is 10.4. The number of halogens is 3. The number of pyridine rings is 1. The fourth-order valence-electron chi connectivity index (χ4n) is 6.25. The van der Waals surface area contributed by atoms with E-state index < -0.39 is 62.8 Å². The van der Waals surface area contributed by atoms with Gasteiger partial charge in [0.25, 0.3) is 15.9 Å². The van der Waals surface area contributed by atoms with Crippen LogP contribution in [-0.2, 0) is 26.0 Å². The number of sulfonamides is 1. The van der Waals surface area contributed by atoms with Gasteiger partial charge in [0.05, 0.1) is 28.2 Å². The molecule has 0 spiro atoms. The van der Waals surface area contributed by atoms with E-state index in [2.05, 4.69) is 15.6 Å². The molecule has 270 valence electrons. The number of nitrogens with zero attached hydrogens (tertiary/aromatic N) is 3. The molecule has 3 aromatic carbocycles. The van der Waals surface area contributed by atoms with Crippen LogP contribution in [0.1, 0.15) is 22.3 Å². The number of hydrogen-bond acceptors (Lipinski definition) is 8. The predicted octanol–water partition coefficient (Wildman–Crippen LogP) is 3.77. The Kier molecular flexibility index (Phi) is 9.99. The smallest absolute Gasteiger partial charge is 0.331 e. The summed E-state index contributed by atoms with van der Waals surface area (Å²) < 4.78 is 71.6. The van der Waals surface area contributed by atoms with Crippen LogP contribution < -0.4 is 20.3 Å². The summed E-state index contributed by atoms with van der Waals surface area (Å²) in [5.74, 6) is -7.28. The molecular formula is C35H31F3N6O7S. The van der Waals surface area contributed by atoms with Gasteiger partial charge in [0.1, 0.15) is 23.2 Å². The second kappa shape index (κ2) is 14.4. The van der Waals surface area contributed by atoms with Crippen LogP contribution in [0, 0.1) is 23.5 Å². The molecule has 2 unspecified atom stereocenters. The Hall–Kier alpha value is -5.81. The van der Waals surface area contributed by atoms with E-state index in [9.17, 15) is 37.1 Å². The highest BCUT2D eigenvalue weighted by atomic mass is 32.2. The SMILES string of the molecule is CN1C(=O)N(c2ccc(C[C@H](NC(=O)c3c(F)cc(NS(=O)(=O)c4ccc(-c5ccnc(F)c5)cc4)cc3F)C(=O)O)cc2)C(=O)C2CCNCC21. The van der Waals surface area contributed by atoms with E-state index in [1.54, 1.807) is 7.05 Å². The summed E-state index contributed by atoms with van der Waals surface area (Å²) >= 11 is 0. The number of imide groups is 1. The van der Waals surface area contributed by atoms with Crippen molar-refractivity contribution in [3.8, 4) is 11.1 Å². The van der Waals surface area contributed by atoms with Gasteiger partial charge in [-0.15, -0.1) is 0 Å². The Morgan fingerprint density at radius 1 is 0.981 bits per heavy atom. The Morgan fingerprint density at radius 3 is 2.29 bits per heavy atom. The number of carboxylic acids is 1. The molecule has 3 atom stereocenters. The molecule has 2 aliphatic heterocycles. The number of carbonyl (C=O) groups excluding carboxylic acids is 3. The number of carbonyl (C=O) groups is 4. The second-order valence-corrected chi connectivity index (χ2v) is 14.0. The minimum absolute atomic E-state index is 0.267. The lowest BCUT2D eigenvalue weighted by atomic mass is 9.88. The number of nitrogens with one attached hydrogen (secondary N) is 3. The molecule has 2 aliphatic rings. The van der Waals surface area contributed by atoms with Gasteiger partial charge in [0.2, 0.25) is 11.9 Å². The number of fused-ring (bicyclic) bond motifs is 1. The lowest BCUT2D eigenvalue weighted by Crippen LogP contribution is -2.65. The number of anilines is 2. The van der Waals surface area contributed by atoms with Crippen molar-refractivity contribution in [2.45, 2.75) is 29.8 Å². The van der Waals surface area contributed by atoms with Crippen LogP contribution in [0.3, 0.4) is 0 Å². The standard InChI is InChI=1S/C35H31F3N6O7S/c1-43-29-18-39-12-11-25(29)33(46)44(35(43)49)23-6-2-19(3-7-23)14-28(34(47)48)41-32(45)31-26(36)16-22(17-27(31)37)42-52(50,51)24-8-4-20(5-9-24)21-10-13-40-30(38)15-21/h2-10,13,15-17,25,28-29,39,42H,11-12,14,18H2,1H3,(H,41,45)(H,47,48)/t25?,28-,29?/m0/s1.